The van der Waals surface area contributed by atoms with Gasteiger partial charge in [0.2, 0.25) is 0 Å². The van der Waals surface area contributed by atoms with Gasteiger partial charge in [0.05, 0.1) is 13.2 Å². The number of ether oxygens (including phenoxy) is 2. The van der Waals surface area contributed by atoms with Crippen molar-refractivity contribution in [1.82, 2.24) is 0 Å². The zero-order valence-electron chi connectivity index (χ0n) is 17.2. The summed E-state index contributed by atoms with van der Waals surface area (Å²) in [5.74, 6) is 0.960. The fourth-order valence-corrected chi connectivity index (χ4v) is 4.09. The van der Waals surface area contributed by atoms with Crippen molar-refractivity contribution in [3.05, 3.63) is 65.7 Å². The topological polar surface area (TPSA) is 22.9 Å². The molecule has 0 unspecified atom stereocenters. The van der Waals surface area contributed by atoms with E-state index in [1.807, 2.05) is 0 Å². The summed E-state index contributed by atoms with van der Waals surface area (Å²) in [6.45, 7) is 13.0. The van der Waals surface area contributed by atoms with Gasteiger partial charge in [0.1, 0.15) is 31.0 Å². The van der Waals surface area contributed by atoms with E-state index < -0.39 is 0 Å². The van der Waals surface area contributed by atoms with Gasteiger partial charge in [-0.05, 0) is 37.1 Å². The maximum absolute atomic E-state index is 5.98. The lowest BCUT2D eigenvalue weighted by molar-refractivity contribution is -0.915. The van der Waals surface area contributed by atoms with Crippen LogP contribution in [0.3, 0.4) is 0 Å². The molecule has 0 aromatic heterocycles. The maximum atomic E-state index is 5.98. The van der Waals surface area contributed by atoms with E-state index in [1.165, 1.54) is 11.1 Å². The fourth-order valence-electron chi connectivity index (χ4n) is 4.09. The summed E-state index contributed by atoms with van der Waals surface area (Å²) in [6, 6.07) is 19.3. The SMILES string of the molecule is C[C@H]1C[NH+](CCCOc2ccc(C(C)(C)c3ccccc3)cc2)C[C@H](C)O1. The van der Waals surface area contributed by atoms with Crippen LogP contribution in [0.5, 0.6) is 5.75 Å². The van der Waals surface area contributed by atoms with E-state index in [-0.39, 0.29) is 5.41 Å². The molecular formula is C24H34NO2+. The number of hydrogen-bond donors (Lipinski definition) is 1. The summed E-state index contributed by atoms with van der Waals surface area (Å²) in [6.07, 6.45) is 1.81. The van der Waals surface area contributed by atoms with Crippen LogP contribution in [0.4, 0.5) is 0 Å². The Morgan fingerprint density at radius 2 is 1.52 bits per heavy atom. The van der Waals surface area contributed by atoms with E-state index in [4.69, 9.17) is 9.47 Å². The highest BCUT2D eigenvalue weighted by molar-refractivity contribution is 5.39. The van der Waals surface area contributed by atoms with Gasteiger partial charge >= 0.3 is 0 Å². The van der Waals surface area contributed by atoms with Gasteiger partial charge in [-0.25, -0.2) is 0 Å². The first kappa shape index (κ1) is 19.9. The second-order valence-corrected chi connectivity index (χ2v) is 8.38. The third-order valence-electron chi connectivity index (χ3n) is 5.63. The predicted octanol–water partition coefficient (Wildman–Crippen LogP) is 3.47. The minimum absolute atomic E-state index is 0.00707. The lowest BCUT2D eigenvalue weighted by Crippen LogP contribution is -3.15. The van der Waals surface area contributed by atoms with Crippen LogP contribution in [-0.2, 0) is 10.2 Å². The molecule has 3 rings (SSSR count). The van der Waals surface area contributed by atoms with Crippen molar-refractivity contribution in [2.24, 2.45) is 0 Å². The molecule has 2 aromatic carbocycles. The molecule has 1 aliphatic heterocycles. The summed E-state index contributed by atoms with van der Waals surface area (Å²) in [7, 11) is 0. The molecule has 0 amide bonds. The van der Waals surface area contributed by atoms with Gasteiger partial charge in [0, 0.05) is 11.8 Å². The largest absolute Gasteiger partial charge is 0.493 e. The van der Waals surface area contributed by atoms with Gasteiger partial charge in [-0.1, -0.05) is 56.3 Å². The van der Waals surface area contributed by atoms with Crippen LogP contribution < -0.4 is 9.64 Å². The third-order valence-corrected chi connectivity index (χ3v) is 5.63. The fraction of sp³-hybridized carbons (Fsp3) is 0.500. The Hall–Kier alpha value is -1.84. The number of nitrogens with one attached hydrogen (secondary N) is 1. The van der Waals surface area contributed by atoms with Crippen molar-refractivity contribution in [2.75, 3.05) is 26.2 Å². The number of rotatable bonds is 7. The van der Waals surface area contributed by atoms with E-state index in [0.717, 1.165) is 38.4 Å². The molecule has 146 valence electrons. The van der Waals surface area contributed by atoms with Crippen LogP contribution in [0, 0.1) is 0 Å². The van der Waals surface area contributed by atoms with Crippen LogP contribution in [-0.4, -0.2) is 38.4 Å². The molecule has 1 fully saturated rings. The normalized spacial score (nSPS) is 23.2. The number of hydrogen-bond acceptors (Lipinski definition) is 2. The molecule has 3 nitrogen and oxygen atoms in total. The smallest absolute Gasteiger partial charge is 0.119 e. The van der Waals surface area contributed by atoms with Gasteiger partial charge in [0.25, 0.3) is 0 Å². The molecule has 2 atom stereocenters. The van der Waals surface area contributed by atoms with Crippen LogP contribution in [0.2, 0.25) is 0 Å². The van der Waals surface area contributed by atoms with E-state index in [0.29, 0.717) is 12.2 Å². The summed E-state index contributed by atoms with van der Waals surface area (Å²) >= 11 is 0. The molecule has 2 aromatic rings. The molecule has 1 aliphatic rings. The summed E-state index contributed by atoms with van der Waals surface area (Å²) in [5.41, 5.74) is 2.63. The highest BCUT2D eigenvalue weighted by Gasteiger charge is 2.25. The minimum Gasteiger partial charge on any atom is -0.493 e. The summed E-state index contributed by atoms with van der Waals surface area (Å²) in [4.78, 5) is 1.63. The molecule has 0 spiro atoms. The third kappa shape index (κ3) is 5.33. The van der Waals surface area contributed by atoms with Crippen molar-refractivity contribution >= 4 is 0 Å². The molecule has 1 heterocycles. The average Bonchev–Trinajstić information content (AvgIpc) is 2.66. The monoisotopic (exact) mass is 368 g/mol. The quantitative estimate of drug-likeness (QED) is 0.756. The van der Waals surface area contributed by atoms with Crippen molar-refractivity contribution in [1.29, 1.82) is 0 Å². The van der Waals surface area contributed by atoms with Crippen LogP contribution in [0.15, 0.2) is 54.6 Å². The van der Waals surface area contributed by atoms with Crippen LogP contribution in [0.25, 0.3) is 0 Å². The summed E-state index contributed by atoms with van der Waals surface area (Å²) in [5, 5.41) is 0. The Balaban J connectivity index is 1.48. The van der Waals surface area contributed by atoms with E-state index in [1.54, 1.807) is 4.90 Å². The Morgan fingerprint density at radius 1 is 0.926 bits per heavy atom. The summed E-state index contributed by atoms with van der Waals surface area (Å²) < 4.78 is 11.8. The zero-order valence-corrected chi connectivity index (χ0v) is 17.2. The lowest BCUT2D eigenvalue weighted by atomic mass is 9.78. The molecule has 1 saturated heterocycles. The van der Waals surface area contributed by atoms with Gasteiger partial charge < -0.3 is 14.4 Å². The Bertz CT molecular complexity index is 686. The second-order valence-electron chi connectivity index (χ2n) is 8.38. The molecule has 0 saturated carbocycles. The van der Waals surface area contributed by atoms with Gasteiger partial charge in [0.15, 0.2) is 0 Å². The first-order valence-corrected chi connectivity index (χ1v) is 10.2. The van der Waals surface area contributed by atoms with E-state index in [2.05, 4.69) is 82.3 Å². The first-order valence-electron chi connectivity index (χ1n) is 10.2. The van der Waals surface area contributed by atoms with Crippen LogP contribution in [0.1, 0.15) is 45.2 Å². The molecular weight excluding hydrogens is 334 g/mol. The number of benzene rings is 2. The molecule has 0 aliphatic carbocycles. The lowest BCUT2D eigenvalue weighted by Gasteiger charge is -2.32. The molecule has 0 bridgehead atoms. The van der Waals surface area contributed by atoms with Crippen molar-refractivity contribution in [3.8, 4) is 5.75 Å². The van der Waals surface area contributed by atoms with E-state index >= 15 is 0 Å². The van der Waals surface area contributed by atoms with Crippen molar-refractivity contribution in [3.63, 3.8) is 0 Å². The van der Waals surface area contributed by atoms with Gasteiger partial charge in [-0.15, -0.1) is 0 Å². The zero-order chi connectivity index (χ0) is 19.3. The Labute approximate surface area is 164 Å². The van der Waals surface area contributed by atoms with Gasteiger partial charge in [-0.2, -0.15) is 0 Å². The molecule has 27 heavy (non-hydrogen) atoms. The molecule has 0 radical (unpaired) electrons. The van der Waals surface area contributed by atoms with E-state index in [9.17, 15) is 0 Å². The molecule has 1 N–H and O–H groups in total. The van der Waals surface area contributed by atoms with Crippen molar-refractivity contribution in [2.45, 2.75) is 51.7 Å². The second kappa shape index (κ2) is 8.90. The number of morpholine rings is 1. The van der Waals surface area contributed by atoms with Crippen LogP contribution >= 0.6 is 0 Å². The van der Waals surface area contributed by atoms with Crippen molar-refractivity contribution < 1.29 is 14.4 Å². The molecule has 3 heteroatoms. The Kier molecular flexibility index (Phi) is 6.56. The predicted molar refractivity (Wildman–Crippen MR) is 111 cm³/mol. The first-order chi connectivity index (χ1) is 12.9. The highest BCUT2D eigenvalue weighted by atomic mass is 16.5. The minimum atomic E-state index is -0.00707. The maximum Gasteiger partial charge on any atom is 0.119 e. The number of quaternary nitrogens is 1. The Morgan fingerprint density at radius 3 is 2.15 bits per heavy atom. The average molecular weight is 369 g/mol. The highest BCUT2D eigenvalue weighted by Crippen LogP contribution is 2.32. The van der Waals surface area contributed by atoms with Gasteiger partial charge in [-0.3, -0.25) is 0 Å². The standard InChI is InChI=1S/C24H33NO2/c1-19-17-25(18-20(2)27-19)15-8-16-26-23-13-11-22(12-14-23)24(3,4)21-9-6-5-7-10-21/h5-7,9-14,19-20H,8,15-18H2,1-4H3/p+1/t19-,20-/m0/s1.